The highest BCUT2D eigenvalue weighted by atomic mass is 79.9. The lowest BCUT2D eigenvalue weighted by Crippen LogP contribution is -2.25. The van der Waals surface area contributed by atoms with Crippen molar-refractivity contribution in [3.8, 4) is 0 Å². The minimum atomic E-state index is -0.520. The number of nitro benzene ring substituents is 1. The molecule has 4 nitrogen and oxygen atoms in total. The van der Waals surface area contributed by atoms with Crippen LogP contribution >= 0.6 is 15.9 Å². The van der Waals surface area contributed by atoms with Gasteiger partial charge < -0.3 is 5.32 Å². The Hall–Kier alpha value is -1.17. The Balaban J connectivity index is 2.95. The Morgan fingerprint density at radius 2 is 2.05 bits per heavy atom. The molecule has 1 unspecified atom stereocenters. The number of hydrogen-bond donors (Lipinski definition) is 1. The van der Waals surface area contributed by atoms with E-state index in [1.165, 1.54) is 6.07 Å². The summed E-state index contributed by atoms with van der Waals surface area (Å²) in [5, 5.41) is 13.9. The van der Waals surface area contributed by atoms with E-state index in [4.69, 9.17) is 0 Å². The van der Waals surface area contributed by atoms with Crippen molar-refractivity contribution < 1.29 is 9.31 Å². The fourth-order valence-corrected chi connectivity index (χ4v) is 1.73. The van der Waals surface area contributed by atoms with Crippen LogP contribution in [0.4, 0.5) is 15.8 Å². The van der Waals surface area contributed by atoms with E-state index in [1.54, 1.807) is 0 Å². The van der Waals surface area contributed by atoms with Gasteiger partial charge in [0.1, 0.15) is 11.5 Å². The predicted molar refractivity (Wildman–Crippen MR) is 77.9 cm³/mol. The Bertz CT molecular complexity index is 486. The van der Waals surface area contributed by atoms with Gasteiger partial charge >= 0.3 is 0 Å². The monoisotopic (exact) mass is 332 g/mol. The lowest BCUT2D eigenvalue weighted by atomic mass is 9.82. The molecular weight excluding hydrogens is 315 g/mol. The van der Waals surface area contributed by atoms with Crippen molar-refractivity contribution in [2.45, 2.75) is 27.7 Å². The molecule has 0 aliphatic carbocycles. The van der Waals surface area contributed by atoms with Crippen LogP contribution in [0.5, 0.6) is 0 Å². The highest BCUT2D eigenvalue weighted by molar-refractivity contribution is 9.10. The van der Waals surface area contributed by atoms with Crippen LogP contribution in [0.15, 0.2) is 16.6 Å². The summed E-state index contributed by atoms with van der Waals surface area (Å²) in [6.07, 6.45) is 0. The van der Waals surface area contributed by atoms with Gasteiger partial charge in [-0.25, -0.2) is 4.39 Å². The second-order valence-electron chi connectivity index (χ2n) is 5.69. The normalized spacial score (nSPS) is 13.2. The second-order valence-corrected chi connectivity index (χ2v) is 6.54. The zero-order chi connectivity index (χ0) is 14.8. The SMILES string of the molecule is CC(CNc1cc(F)c(Br)cc1[N+](=O)[O-])C(C)(C)C. The zero-order valence-corrected chi connectivity index (χ0v) is 13.0. The van der Waals surface area contributed by atoms with E-state index in [1.807, 2.05) is 6.92 Å². The van der Waals surface area contributed by atoms with Gasteiger partial charge in [0.15, 0.2) is 0 Å². The van der Waals surface area contributed by atoms with Gasteiger partial charge in [-0.3, -0.25) is 10.1 Å². The molecule has 1 aromatic carbocycles. The van der Waals surface area contributed by atoms with E-state index in [-0.39, 0.29) is 21.3 Å². The zero-order valence-electron chi connectivity index (χ0n) is 11.5. The molecule has 0 amide bonds. The molecule has 19 heavy (non-hydrogen) atoms. The molecule has 1 atom stereocenters. The lowest BCUT2D eigenvalue weighted by Gasteiger charge is -2.27. The van der Waals surface area contributed by atoms with Crippen molar-refractivity contribution >= 4 is 27.3 Å². The molecule has 0 heterocycles. The fraction of sp³-hybridized carbons (Fsp3) is 0.538. The average Bonchev–Trinajstić information content (AvgIpc) is 2.28. The maximum absolute atomic E-state index is 13.5. The molecular formula is C13H18BrFN2O2. The Labute approximate surface area is 120 Å². The molecule has 1 aromatic rings. The molecule has 0 aromatic heterocycles. The first-order valence-electron chi connectivity index (χ1n) is 6.00. The van der Waals surface area contributed by atoms with Crippen LogP contribution in [0, 0.1) is 27.3 Å². The van der Waals surface area contributed by atoms with Gasteiger partial charge in [0.2, 0.25) is 0 Å². The average molecular weight is 333 g/mol. The van der Waals surface area contributed by atoms with Crippen LogP contribution < -0.4 is 5.32 Å². The molecule has 0 saturated carbocycles. The van der Waals surface area contributed by atoms with Crippen LogP contribution in [-0.4, -0.2) is 11.5 Å². The van der Waals surface area contributed by atoms with Crippen molar-refractivity contribution in [2.75, 3.05) is 11.9 Å². The standard InChI is InChI=1S/C13H18BrFN2O2/c1-8(13(2,3)4)7-16-11-6-10(15)9(14)5-12(11)17(18)19/h5-6,8,16H,7H2,1-4H3. The highest BCUT2D eigenvalue weighted by Crippen LogP contribution is 2.32. The first kappa shape index (κ1) is 15.9. The molecule has 1 rings (SSSR count). The molecule has 1 N–H and O–H groups in total. The van der Waals surface area contributed by atoms with Crippen LogP contribution in [-0.2, 0) is 0 Å². The largest absolute Gasteiger partial charge is 0.379 e. The number of rotatable bonds is 4. The summed E-state index contributed by atoms with van der Waals surface area (Å²) in [5.41, 5.74) is 0.159. The second kappa shape index (κ2) is 5.86. The van der Waals surface area contributed by atoms with E-state index in [9.17, 15) is 14.5 Å². The summed E-state index contributed by atoms with van der Waals surface area (Å²) < 4.78 is 13.6. The van der Waals surface area contributed by atoms with E-state index < -0.39 is 10.7 Å². The van der Waals surface area contributed by atoms with Gasteiger partial charge in [-0.2, -0.15) is 0 Å². The van der Waals surface area contributed by atoms with Gasteiger partial charge in [-0.05, 0) is 27.3 Å². The van der Waals surface area contributed by atoms with Crippen molar-refractivity contribution in [1.82, 2.24) is 0 Å². The number of halogens is 2. The quantitative estimate of drug-likeness (QED) is 0.648. The minimum absolute atomic E-state index is 0.0791. The van der Waals surface area contributed by atoms with E-state index in [0.29, 0.717) is 12.5 Å². The smallest absolute Gasteiger partial charge is 0.293 e. The molecule has 0 fully saturated rings. The van der Waals surface area contributed by atoms with Crippen molar-refractivity contribution in [2.24, 2.45) is 11.3 Å². The van der Waals surface area contributed by atoms with Crippen molar-refractivity contribution in [3.63, 3.8) is 0 Å². The molecule has 0 bridgehead atoms. The molecule has 106 valence electrons. The molecule has 0 saturated heterocycles. The topological polar surface area (TPSA) is 55.2 Å². The predicted octanol–water partition coefficient (Wildman–Crippen LogP) is 4.59. The van der Waals surface area contributed by atoms with Crippen LogP contribution in [0.1, 0.15) is 27.7 Å². The third-order valence-electron chi connectivity index (χ3n) is 3.31. The van der Waals surface area contributed by atoms with E-state index in [2.05, 4.69) is 42.0 Å². The first-order chi connectivity index (χ1) is 8.62. The number of anilines is 1. The van der Waals surface area contributed by atoms with Gasteiger partial charge in [0, 0.05) is 18.7 Å². The maximum Gasteiger partial charge on any atom is 0.293 e. The Kier molecular flexibility index (Phi) is 4.90. The van der Waals surface area contributed by atoms with Crippen LogP contribution in [0.2, 0.25) is 0 Å². The summed E-state index contributed by atoms with van der Waals surface area (Å²) >= 11 is 2.95. The van der Waals surface area contributed by atoms with Crippen molar-refractivity contribution in [3.05, 3.63) is 32.5 Å². The third-order valence-corrected chi connectivity index (χ3v) is 3.92. The molecule has 0 aliphatic rings. The number of nitro groups is 1. The lowest BCUT2D eigenvalue weighted by molar-refractivity contribution is -0.384. The van der Waals surface area contributed by atoms with Gasteiger partial charge in [0.05, 0.1) is 9.40 Å². The molecule has 0 radical (unpaired) electrons. The van der Waals surface area contributed by atoms with Gasteiger partial charge in [-0.1, -0.05) is 27.7 Å². The number of hydrogen-bond acceptors (Lipinski definition) is 3. The molecule has 6 heteroatoms. The Morgan fingerprint density at radius 1 is 1.47 bits per heavy atom. The summed E-state index contributed by atoms with van der Waals surface area (Å²) in [6.45, 7) is 8.88. The maximum atomic E-state index is 13.5. The van der Waals surface area contributed by atoms with Crippen LogP contribution in [0.3, 0.4) is 0 Å². The van der Waals surface area contributed by atoms with E-state index >= 15 is 0 Å². The summed E-state index contributed by atoms with van der Waals surface area (Å²) in [7, 11) is 0. The van der Waals surface area contributed by atoms with Crippen LogP contribution in [0.25, 0.3) is 0 Å². The summed E-state index contributed by atoms with van der Waals surface area (Å²) in [5.74, 6) is -0.227. The summed E-state index contributed by atoms with van der Waals surface area (Å²) in [4.78, 5) is 10.4. The van der Waals surface area contributed by atoms with Gasteiger partial charge in [0.25, 0.3) is 5.69 Å². The van der Waals surface area contributed by atoms with Gasteiger partial charge in [-0.15, -0.1) is 0 Å². The molecule has 0 spiro atoms. The van der Waals surface area contributed by atoms with E-state index in [0.717, 1.165) is 6.07 Å². The summed E-state index contributed by atoms with van der Waals surface area (Å²) in [6, 6.07) is 2.33. The third kappa shape index (κ3) is 4.16. The number of nitrogens with one attached hydrogen (secondary N) is 1. The number of benzene rings is 1. The Morgan fingerprint density at radius 3 is 2.53 bits per heavy atom. The highest BCUT2D eigenvalue weighted by Gasteiger charge is 2.22. The number of nitrogens with zero attached hydrogens (tertiary/aromatic N) is 1. The minimum Gasteiger partial charge on any atom is -0.379 e. The molecule has 0 aliphatic heterocycles. The fourth-order valence-electron chi connectivity index (χ4n) is 1.40. The first-order valence-corrected chi connectivity index (χ1v) is 6.79. The van der Waals surface area contributed by atoms with Crippen molar-refractivity contribution in [1.29, 1.82) is 0 Å².